The number of rotatable bonds is 1. The van der Waals surface area contributed by atoms with E-state index in [1.54, 1.807) is 0 Å². The standard InChI is InChI=1S/C10H21N3/c1-9(2)12-6-3-4-10(8-12)5-7-13(10)11/h9H,3-8,11H2,1-2H3. The van der Waals surface area contributed by atoms with Crippen LogP contribution in [0.25, 0.3) is 0 Å². The molecule has 13 heavy (non-hydrogen) atoms. The van der Waals surface area contributed by atoms with Crippen LogP contribution in [0, 0.1) is 0 Å². The van der Waals surface area contributed by atoms with Crippen molar-refractivity contribution in [2.75, 3.05) is 19.6 Å². The van der Waals surface area contributed by atoms with Crippen LogP contribution in [0.15, 0.2) is 0 Å². The number of likely N-dealkylation sites (tertiary alicyclic amines) is 1. The van der Waals surface area contributed by atoms with Gasteiger partial charge in [-0.1, -0.05) is 0 Å². The maximum absolute atomic E-state index is 5.96. The van der Waals surface area contributed by atoms with E-state index in [1.165, 1.54) is 32.4 Å². The first-order valence-electron chi connectivity index (χ1n) is 5.40. The maximum atomic E-state index is 5.96. The predicted molar refractivity (Wildman–Crippen MR) is 54.2 cm³/mol. The number of hydrazine groups is 1. The van der Waals surface area contributed by atoms with Crippen molar-refractivity contribution in [3.05, 3.63) is 0 Å². The van der Waals surface area contributed by atoms with E-state index < -0.39 is 0 Å². The van der Waals surface area contributed by atoms with Crippen LogP contribution in [0.2, 0.25) is 0 Å². The summed E-state index contributed by atoms with van der Waals surface area (Å²) in [5, 5.41) is 2.06. The Balaban J connectivity index is 1.99. The highest BCUT2D eigenvalue weighted by atomic mass is 15.5. The van der Waals surface area contributed by atoms with Gasteiger partial charge >= 0.3 is 0 Å². The van der Waals surface area contributed by atoms with Crippen molar-refractivity contribution in [2.24, 2.45) is 5.84 Å². The van der Waals surface area contributed by atoms with Gasteiger partial charge in [0, 0.05) is 24.7 Å². The Kier molecular flexibility index (Phi) is 2.34. The van der Waals surface area contributed by atoms with Crippen LogP contribution < -0.4 is 5.84 Å². The molecule has 2 aliphatic heterocycles. The minimum Gasteiger partial charge on any atom is -0.299 e. The van der Waals surface area contributed by atoms with E-state index in [2.05, 4.69) is 23.8 Å². The van der Waals surface area contributed by atoms with Crippen LogP contribution in [0.3, 0.4) is 0 Å². The van der Waals surface area contributed by atoms with Crippen LogP contribution in [0.4, 0.5) is 0 Å². The van der Waals surface area contributed by atoms with Gasteiger partial charge in [-0.2, -0.15) is 0 Å². The first-order valence-corrected chi connectivity index (χ1v) is 5.40. The van der Waals surface area contributed by atoms with Crippen molar-refractivity contribution in [3.8, 4) is 0 Å². The van der Waals surface area contributed by atoms with Gasteiger partial charge in [-0.05, 0) is 39.7 Å². The lowest BCUT2D eigenvalue weighted by atomic mass is 9.79. The molecule has 0 amide bonds. The summed E-state index contributed by atoms with van der Waals surface area (Å²) >= 11 is 0. The van der Waals surface area contributed by atoms with E-state index in [0.717, 1.165) is 6.54 Å². The number of nitrogens with zero attached hydrogens (tertiary/aromatic N) is 2. The first kappa shape index (κ1) is 9.44. The largest absolute Gasteiger partial charge is 0.299 e. The van der Waals surface area contributed by atoms with Gasteiger partial charge in [-0.15, -0.1) is 0 Å². The van der Waals surface area contributed by atoms with Crippen LogP contribution in [0.5, 0.6) is 0 Å². The second-order valence-corrected chi connectivity index (χ2v) is 4.84. The molecule has 0 radical (unpaired) electrons. The van der Waals surface area contributed by atoms with E-state index in [9.17, 15) is 0 Å². The molecule has 3 heteroatoms. The minimum absolute atomic E-state index is 0.350. The van der Waals surface area contributed by atoms with Gasteiger partial charge in [0.25, 0.3) is 0 Å². The van der Waals surface area contributed by atoms with Crippen molar-refractivity contribution in [3.63, 3.8) is 0 Å². The summed E-state index contributed by atoms with van der Waals surface area (Å²) in [6.45, 7) is 8.08. The highest BCUT2D eigenvalue weighted by molar-refractivity contribution is 5.01. The Hall–Kier alpha value is -0.120. The van der Waals surface area contributed by atoms with Crippen molar-refractivity contribution < 1.29 is 0 Å². The molecule has 0 bridgehead atoms. The Bertz CT molecular complexity index is 193. The average Bonchev–Trinajstić information content (AvgIpc) is 2.16. The molecule has 0 aliphatic carbocycles. The number of hydrogen-bond donors (Lipinski definition) is 1. The van der Waals surface area contributed by atoms with E-state index in [1.807, 2.05) is 0 Å². The summed E-state index contributed by atoms with van der Waals surface area (Å²) in [5.74, 6) is 5.96. The zero-order chi connectivity index (χ0) is 9.47. The predicted octanol–water partition coefficient (Wildman–Crippen LogP) is 0.809. The molecule has 2 N–H and O–H groups in total. The molecular weight excluding hydrogens is 162 g/mol. The van der Waals surface area contributed by atoms with Crippen molar-refractivity contribution >= 4 is 0 Å². The van der Waals surface area contributed by atoms with Gasteiger partial charge in [-0.3, -0.25) is 10.7 Å². The highest BCUT2D eigenvalue weighted by Gasteiger charge is 2.46. The SMILES string of the molecule is CC(C)N1CCCC2(CCN2N)C1. The third kappa shape index (κ3) is 1.49. The molecule has 0 aromatic heterocycles. The van der Waals surface area contributed by atoms with Crippen molar-refractivity contribution in [1.29, 1.82) is 0 Å². The molecule has 2 fully saturated rings. The summed E-state index contributed by atoms with van der Waals surface area (Å²) in [7, 11) is 0. The lowest BCUT2D eigenvalue weighted by molar-refractivity contribution is -0.0733. The molecule has 1 spiro atoms. The third-order valence-electron chi connectivity index (χ3n) is 3.74. The van der Waals surface area contributed by atoms with Crippen LogP contribution >= 0.6 is 0 Å². The number of hydrogen-bond acceptors (Lipinski definition) is 3. The van der Waals surface area contributed by atoms with E-state index in [-0.39, 0.29) is 0 Å². The molecule has 2 saturated heterocycles. The maximum Gasteiger partial charge on any atom is 0.0491 e. The fourth-order valence-electron chi connectivity index (χ4n) is 2.58. The van der Waals surface area contributed by atoms with Crippen LogP contribution in [0.1, 0.15) is 33.1 Å². The van der Waals surface area contributed by atoms with E-state index in [0.29, 0.717) is 11.6 Å². The molecule has 0 aromatic rings. The molecule has 2 heterocycles. The summed E-state index contributed by atoms with van der Waals surface area (Å²) in [4.78, 5) is 2.56. The Morgan fingerprint density at radius 2 is 2.00 bits per heavy atom. The second kappa shape index (κ2) is 3.23. The molecule has 2 rings (SSSR count). The third-order valence-corrected chi connectivity index (χ3v) is 3.74. The molecular formula is C10H21N3. The fourth-order valence-corrected chi connectivity index (χ4v) is 2.58. The number of piperidine rings is 1. The molecule has 2 aliphatic rings. The van der Waals surface area contributed by atoms with Gasteiger partial charge < -0.3 is 0 Å². The summed E-state index contributed by atoms with van der Waals surface area (Å²) in [6, 6.07) is 0.672. The Morgan fingerprint density at radius 1 is 1.23 bits per heavy atom. The number of nitrogens with two attached hydrogens (primary N) is 1. The van der Waals surface area contributed by atoms with Gasteiger partial charge in [0.2, 0.25) is 0 Å². The van der Waals surface area contributed by atoms with Crippen LogP contribution in [-0.2, 0) is 0 Å². The fraction of sp³-hybridized carbons (Fsp3) is 1.00. The second-order valence-electron chi connectivity index (χ2n) is 4.84. The molecule has 1 atom stereocenters. The van der Waals surface area contributed by atoms with Gasteiger partial charge in [0.15, 0.2) is 0 Å². The molecule has 76 valence electrons. The van der Waals surface area contributed by atoms with E-state index in [4.69, 9.17) is 5.84 Å². The van der Waals surface area contributed by atoms with Crippen LogP contribution in [-0.4, -0.2) is 41.1 Å². The summed E-state index contributed by atoms with van der Waals surface area (Å²) in [6.07, 6.45) is 3.91. The lowest BCUT2D eigenvalue weighted by Gasteiger charge is -2.55. The summed E-state index contributed by atoms with van der Waals surface area (Å²) in [5.41, 5.74) is 0.350. The lowest BCUT2D eigenvalue weighted by Crippen LogP contribution is -2.69. The van der Waals surface area contributed by atoms with Gasteiger partial charge in [-0.25, -0.2) is 5.01 Å². The monoisotopic (exact) mass is 183 g/mol. The zero-order valence-electron chi connectivity index (χ0n) is 8.79. The highest BCUT2D eigenvalue weighted by Crippen LogP contribution is 2.36. The smallest absolute Gasteiger partial charge is 0.0491 e. The molecule has 0 aromatic carbocycles. The minimum atomic E-state index is 0.350. The molecule has 3 nitrogen and oxygen atoms in total. The van der Waals surface area contributed by atoms with Gasteiger partial charge in [0.05, 0.1) is 0 Å². The van der Waals surface area contributed by atoms with Crippen molar-refractivity contribution in [2.45, 2.75) is 44.7 Å². The Morgan fingerprint density at radius 3 is 2.46 bits per heavy atom. The quantitative estimate of drug-likeness (QED) is 0.611. The first-order chi connectivity index (χ1) is 6.14. The van der Waals surface area contributed by atoms with Gasteiger partial charge in [0.1, 0.15) is 0 Å². The summed E-state index contributed by atoms with van der Waals surface area (Å²) < 4.78 is 0. The molecule has 0 saturated carbocycles. The average molecular weight is 183 g/mol. The zero-order valence-corrected chi connectivity index (χ0v) is 8.79. The van der Waals surface area contributed by atoms with Crippen molar-refractivity contribution in [1.82, 2.24) is 9.91 Å². The normalized spacial score (nSPS) is 36.9. The molecule has 1 unspecified atom stereocenters. The topological polar surface area (TPSA) is 32.5 Å². The Labute approximate surface area is 80.8 Å². The van der Waals surface area contributed by atoms with E-state index >= 15 is 0 Å².